The van der Waals surface area contributed by atoms with Crippen LogP contribution in [0.5, 0.6) is 0 Å². The molecule has 1 aromatic rings. The number of carbonyl (C=O) groups is 2. The summed E-state index contributed by atoms with van der Waals surface area (Å²) in [5.41, 5.74) is 5.67. The molecule has 4 N–H and O–H groups in total. The van der Waals surface area contributed by atoms with Crippen LogP contribution in [0.3, 0.4) is 0 Å². The van der Waals surface area contributed by atoms with Crippen molar-refractivity contribution in [2.45, 2.75) is 25.3 Å². The molecule has 116 valence electrons. The zero-order chi connectivity index (χ0) is 15.2. The lowest BCUT2D eigenvalue weighted by molar-refractivity contribution is -0.127. The van der Waals surface area contributed by atoms with Crippen molar-refractivity contribution < 1.29 is 19.1 Å². The molecule has 1 unspecified atom stereocenters. The Bertz CT molecular complexity index is 502. The molecule has 8 heteroatoms. The molecule has 1 fully saturated rings. The maximum absolute atomic E-state index is 11.8. The highest BCUT2D eigenvalue weighted by molar-refractivity contribution is 5.91. The topological polar surface area (TPSA) is 122 Å². The van der Waals surface area contributed by atoms with Gasteiger partial charge in [-0.1, -0.05) is 0 Å². The maximum atomic E-state index is 11.8. The number of nitrogens with zero attached hydrogens (tertiary/aromatic N) is 2. The molecule has 2 rings (SSSR count). The first-order valence-corrected chi connectivity index (χ1v) is 6.99. The third-order valence-corrected chi connectivity index (χ3v) is 3.33. The molecule has 0 bridgehead atoms. The molecule has 1 aliphatic rings. The van der Waals surface area contributed by atoms with E-state index in [1.165, 1.54) is 6.26 Å². The van der Waals surface area contributed by atoms with Gasteiger partial charge in [-0.15, -0.1) is 0 Å². The van der Waals surface area contributed by atoms with E-state index < -0.39 is 6.04 Å². The van der Waals surface area contributed by atoms with Crippen LogP contribution in [0, 0.1) is 0 Å². The van der Waals surface area contributed by atoms with Crippen molar-refractivity contribution in [1.29, 1.82) is 0 Å². The SMILES string of the molecule is NC(CO)c1nc(C(=O)NCCCN2CCCC2=O)co1. The van der Waals surface area contributed by atoms with Gasteiger partial charge in [0, 0.05) is 26.1 Å². The van der Waals surface area contributed by atoms with Gasteiger partial charge < -0.3 is 25.5 Å². The van der Waals surface area contributed by atoms with Gasteiger partial charge >= 0.3 is 0 Å². The summed E-state index contributed by atoms with van der Waals surface area (Å²) in [6, 6.07) is -0.729. The molecule has 1 aromatic heterocycles. The molecule has 2 amide bonds. The molecule has 8 nitrogen and oxygen atoms in total. The second-order valence-corrected chi connectivity index (χ2v) is 4.95. The third-order valence-electron chi connectivity index (χ3n) is 3.33. The van der Waals surface area contributed by atoms with E-state index in [9.17, 15) is 9.59 Å². The number of likely N-dealkylation sites (tertiary alicyclic amines) is 1. The number of aromatic nitrogens is 1. The summed E-state index contributed by atoms with van der Waals surface area (Å²) in [5, 5.41) is 11.6. The normalized spacial score (nSPS) is 16.3. The lowest BCUT2D eigenvalue weighted by atomic mass is 10.3. The first kappa shape index (κ1) is 15.5. The van der Waals surface area contributed by atoms with Crippen LogP contribution in [0.1, 0.15) is 41.7 Å². The van der Waals surface area contributed by atoms with Gasteiger partial charge in [0.25, 0.3) is 5.91 Å². The van der Waals surface area contributed by atoms with Gasteiger partial charge in [-0.25, -0.2) is 4.98 Å². The summed E-state index contributed by atoms with van der Waals surface area (Å²) in [7, 11) is 0. The minimum Gasteiger partial charge on any atom is -0.446 e. The average molecular weight is 296 g/mol. The number of aliphatic hydroxyl groups excluding tert-OH is 1. The zero-order valence-corrected chi connectivity index (χ0v) is 11.7. The van der Waals surface area contributed by atoms with Gasteiger partial charge in [0.1, 0.15) is 12.3 Å². The predicted octanol–water partition coefficient (Wildman–Crippen LogP) is -0.591. The summed E-state index contributed by atoms with van der Waals surface area (Å²) >= 11 is 0. The molecular formula is C13H20N4O4. The Morgan fingerprint density at radius 3 is 3.10 bits per heavy atom. The number of oxazole rings is 1. The number of carbonyl (C=O) groups excluding carboxylic acids is 2. The summed E-state index contributed by atoms with van der Waals surface area (Å²) in [6.45, 7) is 1.61. The first-order valence-electron chi connectivity index (χ1n) is 6.99. The van der Waals surface area contributed by atoms with Crippen molar-refractivity contribution in [2.24, 2.45) is 5.73 Å². The lowest BCUT2D eigenvalue weighted by Gasteiger charge is -2.14. The molecule has 1 saturated heterocycles. The molecule has 0 radical (unpaired) electrons. The van der Waals surface area contributed by atoms with E-state index in [4.69, 9.17) is 15.3 Å². The standard InChI is InChI=1S/C13H20N4O4/c14-9(7-18)13-16-10(8-21-13)12(20)15-4-2-6-17-5-1-3-11(17)19/h8-9,18H,1-7,14H2,(H,15,20). The smallest absolute Gasteiger partial charge is 0.273 e. The largest absolute Gasteiger partial charge is 0.446 e. The lowest BCUT2D eigenvalue weighted by Crippen LogP contribution is -2.30. The van der Waals surface area contributed by atoms with E-state index >= 15 is 0 Å². The van der Waals surface area contributed by atoms with Gasteiger partial charge in [0.05, 0.1) is 6.61 Å². The number of rotatable bonds is 7. The number of amides is 2. The van der Waals surface area contributed by atoms with Crippen LogP contribution in [-0.4, -0.2) is 53.0 Å². The van der Waals surface area contributed by atoms with Crippen molar-refractivity contribution in [3.8, 4) is 0 Å². The van der Waals surface area contributed by atoms with E-state index in [-0.39, 0.29) is 30.0 Å². The van der Waals surface area contributed by atoms with Crippen molar-refractivity contribution in [2.75, 3.05) is 26.2 Å². The minimum atomic E-state index is -0.729. The van der Waals surface area contributed by atoms with Gasteiger partial charge in [-0.2, -0.15) is 0 Å². The molecule has 0 spiro atoms. The Morgan fingerprint density at radius 2 is 2.43 bits per heavy atom. The van der Waals surface area contributed by atoms with Gasteiger partial charge in [-0.3, -0.25) is 9.59 Å². The summed E-state index contributed by atoms with van der Waals surface area (Å²) < 4.78 is 5.03. The Labute approximate surface area is 122 Å². The molecule has 2 heterocycles. The maximum Gasteiger partial charge on any atom is 0.273 e. The minimum absolute atomic E-state index is 0.130. The second kappa shape index (κ2) is 7.19. The van der Waals surface area contributed by atoms with Crippen LogP contribution in [0.4, 0.5) is 0 Å². The van der Waals surface area contributed by atoms with Crippen LogP contribution in [0.25, 0.3) is 0 Å². The van der Waals surface area contributed by atoms with E-state index in [1.54, 1.807) is 4.90 Å². The van der Waals surface area contributed by atoms with Gasteiger partial charge in [-0.05, 0) is 12.8 Å². The molecule has 21 heavy (non-hydrogen) atoms. The Morgan fingerprint density at radius 1 is 1.62 bits per heavy atom. The van der Waals surface area contributed by atoms with E-state index in [2.05, 4.69) is 10.3 Å². The highest BCUT2D eigenvalue weighted by Crippen LogP contribution is 2.10. The quantitative estimate of drug-likeness (QED) is 0.578. The number of hydrogen-bond acceptors (Lipinski definition) is 6. The van der Waals surface area contributed by atoms with E-state index in [1.807, 2.05) is 0 Å². The molecule has 1 aliphatic heterocycles. The number of nitrogens with two attached hydrogens (primary N) is 1. The first-order chi connectivity index (χ1) is 10.1. The Kier molecular flexibility index (Phi) is 5.29. The third kappa shape index (κ3) is 4.02. The molecule has 0 aromatic carbocycles. The molecule has 0 saturated carbocycles. The Hall–Kier alpha value is -1.93. The summed E-state index contributed by atoms with van der Waals surface area (Å²) in [5.74, 6) is -0.0475. The highest BCUT2D eigenvalue weighted by atomic mass is 16.3. The average Bonchev–Trinajstić information content (AvgIpc) is 3.12. The summed E-state index contributed by atoms with van der Waals surface area (Å²) in [6.07, 6.45) is 3.44. The predicted molar refractivity (Wildman–Crippen MR) is 73.3 cm³/mol. The monoisotopic (exact) mass is 296 g/mol. The van der Waals surface area contributed by atoms with E-state index in [0.717, 1.165) is 13.0 Å². The number of aliphatic hydroxyl groups is 1. The molecular weight excluding hydrogens is 276 g/mol. The fourth-order valence-corrected chi connectivity index (χ4v) is 2.14. The van der Waals surface area contributed by atoms with Gasteiger partial charge in [0.15, 0.2) is 5.69 Å². The van der Waals surface area contributed by atoms with E-state index in [0.29, 0.717) is 25.9 Å². The van der Waals surface area contributed by atoms with Crippen LogP contribution in [-0.2, 0) is 4.79 Å². The van der Waals surface area contributed by atoms with Crippen molar-refractivity contribution >= 4 is 11.8 Å². The fraction of sp³-hybridized carbons (Fsp3) is 0.615. The summed E-state index contributed by atoms with van der Waals surface area (Å²) in [4.78, 5) is 28.9. The van der Waals surface area contributed by atoms with Crippen molar-refractivity contribution in [3.05, 3.63) is 17.8 Å². The second-order valence-electron chi connectivity index (χ2n) is 4.95. The zero-order valence-electron chi connectivity index (χ0n) is 11.7. The number of hydrogen-bond donors (Lipinski definition) is 3. The fourth-order valence-electron chi connectivity index (χ4n) is 2.14. The van der Waals surface area contributed by atoms with Crippen LogP contribution >= 0.6 is 0 Å². The van der Waals surface area contributed by atoms with Gasteiger partial charge in [0.2, 0.25) is 11.8 Å². The molecule has 1 atom stereocenters. The number of nitrogens with one attached hydrogen (secondary N) is 1. The van der Waals surface area contributed by atoms with Crippen LogP contribution in [0.15, 0.2) is 10.7 Å². The Balaban J connectivity index is 1.72. The van der Waals surface area contributed by atoms with Crippen molar-refractivity contribution in [3.63, 3.8) is 0 Å². The highest BCUT2D eigenvalue weighted by Gasteiger charge is 2.19. The van der Waals surface area contributed by atoms with Crippen LogP contribution in [0.2, 0.25) is 0 Å². The van der Waals surface area contributed by atoms with Crippen LogP contribution < -0.4 is 11.1 Å². The molecule has 0 aliphatic carbocycles. The van der Waals surface area contributed by atoms with Crippen molar-refractivity contribution in [1.82, 2.24) is 15.2 Å².